The highest BCUT2D eigenvalue weighted by Gasteiger charge is 2.22. The van der Waals surface area contributed by atoms with E-state index in [2.05, 4.69) is 10.3 Å². The molecule has 0 saturated heterocycles. The van der Waals surface area contributed by atoms with E-state index in [0.717, 1.165) is 30.5 Å². The molecule has 1 aromatic rings. The Balaban J connectivity index is 2.26. The zero-order valence-corrected chi connectivity index (χ0v) is 11.6. The number of aromatic nitrogens is 1. The van der Waals surface area contributed by atoms with Gasteiger partial charge in [-0.3, -0.25) is 0 Å². The Hall–Kier alpha value is -1.62. The number of pyridine rings is 1. The number of aryl methyl sites for hydroxylation is 2. The first-order valence-electron chi connectivity index (χ1n) is 6.48. The van der Waals surface area contributed by atoms with Gasteiger partial charge in [0.1, 0.15) is 11.4 Å². The molecule has 0 saturated carbocycles. The fraction of sp³-hybridized carbons (Fsp3) is 0.571. The highest BCUT2D eigenvalue weighted by atomic mass is 16.5. The molecule has 0 radical (unpaired) electrons. The Morgan fingerprint density at radius 1 is 1.53 bits per heavy atom. The molecule has 0 aromatic carbocycles. The van der Waals surface area contributed by atoms with E-state index in [1.165, 1.54) is 0 Å². The Kier molecular flexibility index (Phi) is 3.75. The average molecular weight is 264 g/mol. The number of aromatic carboxylic acids is 1. The van der Waals surface area contributed by atoms with Crippen LogP contribution in [0.2, 0.25) is 0 Å². The summed E-state index contributed by atoms with van der Waals surface area (Å²) in [5.74, 6) is -0.502. The number of rotatable bonds is 5. The van der Waals surface area contributed by atoms with Crippen LogP contribution in [0.5, 0.6) is 0 Å². The van der Waals surface area contributed by atoms with Gasteiger partial charge in [0.05, 0.1) is 5.60 Å². The molecule has 0 spiro atoms. The van der Waals surface area contributed by atoms with Crippen molar-refractivity contribution in [2.45, 2.75) is 38.7 Å². The molecule has 0 unspecified atom stereocenters. The SMILES string of the molecule is COC(C)(C)CNc1nc2c(cc1C(=O)O)CCC2. The number of fused-ring (bicyclic) bond motifs is 1. The van der Waals surface area contributed by atoms with Gasteiger partial charge in [-0.25, -0.2) is 9.78 Å². The number of carbonyl (C=O) groups is 1. The molecule has 1 aromatic heterocycles. The van der Waals surface area contributed by atoms with Crippen LogP contribution in [0.3, 0.4) is 0 Å². The van der Waals surface area contributed by atoms with E-state index >= 15 is 0 Å². The van der Waals surface area contributed by atoms with Crippen molar-refractivity contribution in [1.82, 2.24) is 4.98 Å². The summed E-state index contributed by atoms with van der Waals surface area (Å²) in [6, 6.07) is 1.75. The van der Waals surface area contributed by atoms with Crippen LogP contribution in [0.1, 0.15) is 41.9 Å². The summed E-state index contributed by atoms with van der Waals surface area (Å²) in [6.45, 7) is 4.39. The summed E-state index contributed by atoms with van der Waals surface area (Å²) in [5, 5.41) is 12.4. The minimum absolute atomic E-state index is 0.243. The number of anilines is 1. The summed E-state index contributed by atoms with van der Waals surface area (Å²) in [5.41, 5.74) is 1.96. The Morgan fingerprint density at radius 2 is 2.26 bits per heavy atom. The molecular weight excluding hydrogens is 244 g/mol. The van der Waals surface area contributed by atoms with Crippen LogP contribution < -0.4 is 5.32 Å². The fourth-order valence-corrected chi connectivity index (χ4v) is 2.14. The van der Waals surface area contributed by atoms with Gasteiger partial charge in [0.25, 0.3) is 0 Å². The maximum absolute atomic E-state index is 11.3. The number of carboxylic acids is 1. The number of nitrogens with one attached hydrogen (secondary N) is 1. The largest absolute Gasteiger partial charge is 0.478 e. The normalized spacial score (nSPS) is 14.3. The molecule has 1 aliphatic rings. The highest BCUT2D eigenvalue weighted by Crippen LogP contribution is 2.25. The lowest BCUT2D eigenvalue weighted by Crippen LogP contribution is -2.32. The zero-order valence-electron chi connectivity index (χ0n) is 11.6. The standard InChI is InChI=1S/C14H20N2O3/c1-14(2,19-3)8-15-12-10(13(17)18)7-9-5-4-6-11(9)16-12/h7H,4-6,8H2,1-3H3,(H,15,16)(H,17,18). The van der Waals surface area contributed by atoms with Gasteiger partial charge in [-0.2, -0.15) is 0 Å². The first-order valence-corrected chi connectivity index (χ1v) is 6.48. The smallest absolute Gasteiger partial charge is 0.339 e. The predicted octanol–water partition coefficient (Wildman–Crippen LogP) is 2.11. The Labute approximate surface area is 113 Å². The minimum atomic E-state index is -0.945. The maximum Gasteiger partial charge on any atom is 0.339 e. The summed E-state index contributed by atoms with van der Waals surface area (Å²) in [4.78, 5) is 15.8. The van der Waals surface area contributed by atoms with Crippen LogP contribution in [0.25, 0.3) is 0 Å². The molecule has 0 atom stereocenters. The van der Waals surface area contributed by atoms with Crippen molar-refractivity contribution in [2.75, 3.05) is 19.0 Å². The summed E-state index contributed by atoms with van der Waals surface area (Å²) >= 11 is 0. The third-order valence-corrected chi connectivity index (χ3v) is 3.52. The van der Waals surface area contributed by atoms with Crippen LogP contribution in [0, 0.1) is 0 Å². The van der Waals surface area contributed by atoms with Gasteiger partial charge in [-0.1, -0.05) is 0 Å². The van der Waals surface area contributed by atoms with Gasteiger partial charge in [0.2, 0.25) is 0 Å². The van der Waals surface area contributed by atoms with Crippen molar-refractivity contribution in [3.05, 3.63) is 22.9 Å². The van der Waals surface area contributed by atoms with Gasteiger partial charge in [-0.05, 0) is 44.7 Å². The average Bonchev–Trinajstić information content (AvgIpc) is 2.82. The van der Waals surface area contributed by atoms with Crippen LogP contribution >= 0.6 is 0 Å². The molecule has 1 heterocycles. The van der Waals surface area contributed by atoms with Crippen LogP contribution in [0.4, 0.5) is 5.82 Å². The quantitative estimate of drug-likeness (QED) is 0.852. The topological polar surface area (TPSA) is 71.5 Å². The first-order chi connectivity index (χ1) is 8.93. The van der Waals surface area contributed by atoms with Crippen molar-refractivity contribution >= 4 is 11.8 Å². The van der Waals surface area contributed by atoms with E-state index in [0.29, 0.717) is 12.4 Å². The summed E-state index contributed by atoms with van der Waals surface area (Å²) in [7, 11) is 1.63. The number of nitrogens with zero attached hydrogens (tertiary/aromatic N) is 1. The summed E-state index contributed by atoms with van der Waals surface area (Å²) in [6.07, 6.45) is 2.90. The van der Waals surface area contributed by atoms with E-state index in [4.69, 9.17) is 4.74 Å². The second-order valence-electron chi connectivity index (χ2n) is 5.47. The van der Waals surface area contributed by atoms with E-state index in [1.807, 2.05) is 13.8 Å². The van der Waals surface area contributed by atoms with Crippen molar-refractivity contribution in [3.8, 4) is 0 Å². The second kappa shape index (κ2) is 5.17. The van der Waals surface area contributed by atoms with Crippen LogP contribution in [-0.2, 0) is 17.6 Å². The van der Waals surface area contributed by atoms with Crippen LogP contribution in [-0.4, -0.2) is 35.3 Å². The van der Waals surface area contributed by atoms with Crippen molar-refractivity contribution in [2.24, 2.45) is 0 Å². The molecule has 2 N–H and O–H groups in total. The molecule has 0 fully saturated rings. The first kappa shape index (κ1) is 13.8. The minimum Gasteiger partial charge on any atom is -0.478 e. The number of hydrogen-bond donors (Lipinski definition) is 2. The van der Waals surface area contributed by atoms with Gasteiger partial charge in [0.15, 0.2) is 0 Å². The van der Waals surface area contributed by atoms with Crippen molar-refractivity contribution in [1.29, 1.82) is 0 Å². The second-order valence-corrected chi connectivity index (χ2v) is 5.47. The predicted molar refractivity (Wildman–Crippen MR) is 72.8 cm³/mol. The highest BCUT2D eigenvalue weighted by molar-refractivity contribution is 5.93. The van der Waals surface area contributed by atoms with Gasteiger partial charge < -0.3 is 15.2 Å². The van der Waals surface area contributed by atoms with Gasteiger partial charge >= 0.3 is 5.97 Å². The lowest BCUT2D eigenvalue weighted by atomic mass is 10.1. The van der Waals surface area contributed by atoms with Gasteiger partial charge in [-0.15, -0.1) is 0 Å². The molecule has 0 amide bonds. The third kappa shape index (κ3) is 3.04. The molecule has 2 rings (SSSR count). The lowest BCUT2D eigenvalue weighted by molar-refractivity contribution is 0.0342. The number of carboxylic acid groups (broad SMARTS) is 1. The van der Waals surface area contributed by atoms with Gasteiger partial charge in [0, 0.05) is 19.3 Å². The van der Waals surface area contributed by atoms with E-state index in [-0.39, 0.29) is 11.2 Å². The molecule has 104 valence electrons. The van der Waals surface area contributed by atoms with E-state index < -0.39 is 5.97 Å². The zero-order chi connectivity index (χ0) is 14.0. The molecule has 5 nitrogen and oxygen atoms in total. The van der Waals surface area contributed by atoms with Crippen molar-refractivity contribution in [3.63, 3.8) is 0 Å². The van der Waals surface area contributed by atoms with E-state index in [1.54, 1.807) is 13.2 Å². The summed E-state index contributed by atoms with van der Waals surface area (Å²) < 4.78 is 5.31. The molecule has 5 heteroatoms. The molecule has 0 bridgehead atoms. The Bertz CT molecular complexity index is 498. The Morgan fingerprint density at radius 3 is 2.89 bits per heavy atom. The maximum atomic E-state index is 11.3. The van der Waals surface area contributed by atoms with Crippen LogP contribution in [0.15, 0.2) is 6.07 Å². The number of ether oxygens (including phenoxy) is 1. The van der Waals surface area contributed by atoms with E-state index in [9.17, 15) is 9.90 Å². The fourth-order valence-electron chi connectivity index (χ4n) is 2.14. The molecular formula is C14H20N2O3. The molecule has 19 heavy (non-hydrogen) atoms. The molecule has 0 aliphatic heterocycles. The van der Waals surface area contributed by atoms with Crippen molar-refractivity contribution < 1.29 is 14.6 Å². The number of methoxy groups -OCH3 is 1. The third-order valence-electron chi connectivity index (χ3n) is 3.52. The number of hydrogen-bond acceptors (Lipinski definition) is 4. The lowest BCUT2D eigenvalue weighted by Gasteiger charge is -2.24. The molecule has 1 aliphatic carbocycles. The monoisotopic (exact) mass is 264 g/mol.